The Balaban J connectivity index is 2.26. The highest BCUT2D eigenvalue weighted by Gasteiger charge is 2.36. The van der Waals surface area contributed by atoms with Crippen LogP contribution in [0.1, 0.15) is 45.4 Å². The van der Waals surface area contributed by atoms with Gasteiger partial charge in [0.2, 0.25) is 0 Å². The monoisotopic (exact) mass is 164 g/mol. The first kappa shape index (κ1) is 8.03. The molecule has 0 amide bonds. The molecule has 0 saturated heterocycles. The number of hydrogen-bond donors (Lipinski definition) is 0. The molecule has 0 bridgehead atoms. The van der Waals surface area contributed by atoms with Crippen LogP contribution in [0.3, 0.4) is 0 Å². The number of carbonyl (C=O) groups is 1. The Hall–Kier alpha value is -0.590. The van der Waals surface area contributed by atoms with Gasteiger partial charge in [-0.1, -0.05) is 25.3 Å². The van der Waals surface area contributed by atoms with Gasteiger partial charge in [0.25, 0.3) is 0 Å². The SMILES string of the molecule is C[C@@]12CCCCCC1=CC(=O)C2. The van der Waals surface area contributed by atoms with E-state index in [1.165, 1.54) is 37.7 Å². The summed E-state index contributed by atoms with van der Waals surface area (Å²) in [6.45, 7) is 2.26. The predicted molar refractivity (Wildman–Crippen MR) is 48.9 cm³/mol. The normalized spacial score (nSPS) is 35.8. The summed E-state index contributed by atoms with van der Waals surface area (Å²) in [5.74, 6) is 0.356. The Bertz CT molecular complexity index is 239. The molecule has 12 heavy (non-hydrogen) atoms. The molecule has 0 spiro atoms. The van der Waals surface area contributed by atoms with Crippen molar-refractivity contribution in [2.75, 3.05) is 0 Å². The minimum Gasteiger partial charge on any atom is -0.295 e. The highest BCUT2D eigenvalue weighted by atomic mass is 16.1. The lowest BCUT2D eigenvalue weighted by Gasteiger charge is -2.24. The van der Waals surface area contributed by atoms with Crippen LogP contribution in [-0.4, -0.2) is 5.78 Å². The molecule has 2 aliphatic rings. The molecule has 0 radical (unpaired) electrons. The summed E-state index contributed by atoms with van der Waals surface area (Å²) in [5.41, 5.74) is 1.69. The fourth-order valence-electron chi connectivity index (χ4n) is 2.55. The summed E-state index contributed by atoms with van der Waals surface area (Å²) in [6, 6.07) is 0. The van der Waals surface area contributed by atoms with Gasteiger partial charge in [-0.05, 0) is 30.8 Å². The van der Waals surface area contributed by atoms with Crippen molar-refractivity contribution in [2.24, 2.45) is 5.41 Å². The van der Waals surface area contributed by atoms with E-state index in [4.69, 9.17) is 0 Å². The van der Waals surface area contributed by atoms with E-state index < -0.39 is 0 Å². The van der Waals surface area contributed by atoms with E-state index in [2.05, 4.69) is 6.92 Å². The second-order valence-corrected chi connectivity index (χ2v) is 4.43. The van der Waals surface area contributed by atoms with Crippen LogP contribution < -0.4 is 0 Å². The Labute approximate surface area is 73.8 Å². The van der Waals surface area contributed by atoms with Crippen molar-refractivity contribution >= 4 is 5.78 Å². The summed E-state index contributed by atoms with van der Waals surface area (Å²) in [5, 5.41) is 0. The maximum Gasteiger partial charge on any atom is 0.156 e. The molecule has 0 heterocycles. The van der Waals surface area contributed by atoms with Crippen LogP contribution in [-0.2, 0) is 4.79 Å². The molecule has 66 valence electrons. The average Bonchev–Trinajstić information content (AvgIpc) is 2.14. The second-order valence-electron chi connectivity index (χ2n) is 4.43. The third kappa shape index (κ3) is 1.21. The van der Waals surface area contributed by atoms with E-state index in [-0.39, 0.29) is 5.41 Å². The molecule has 0 unspecified atom stereocenters. The van der Waals surface area contributed by atoms with Crippen molar-refractivity contribution in [3.63, 3.8) is 0 Å². The van der Waals surface area contributed by atoms with Crippen LogP contribution in [0.15, 0.2) is 11.6 Å². The Kier molecular flexibility index (Phi) is 1.82. The smallest absolute Gasteiger partial charge is 0.156 e. The quantitative estimate of drug-likeness (QED) is 0.538. The lowest BCUT2D eigenvalue weighted by atomic mass is 9.79. The molecular weight excluding hydrogens is 148 g/mol. The molecule has 0 aromatic rings. The van der Waals surface area contributed by atoms with E-state index in [1.54, 1.807) is 0 Å². The average molecular weight is 164 g/mol. The van der Waals surface area contributed by atoms with E-state index in [9.17, 15) is 4.79 Å². The Morgan fingerprint density at radius 3 is 3.00 bits per heavy atom. The van der Waals surface area contributed by atoms with Crippen LogP contribution in [0, 0.1) is 5.41 Å². The second kappa shape index (κ2) is 2.72. The van der Waals surface area contributed by atoms with Gasteiger partial charge in [0.1, 0.15) is 0 Å². The van der Waals surface area contributed by atoms with E-state index >= 15 is 0 Å². The van der Waals surface area contributed by atoms with Crippen molar-refractivity contribution in [1.29, 1.82) is 0 Å². The van der Waals surface area contributed by atoms with Gasteiger partial charge in [0.05, 0.1) is 0 Å². The first-order chi connectivity index (χ1) is 5.71. The molecule has 2 aliphatic carbocycles. The maximum absolute atomic E-state index is 11.3. The number of rotatable bonds is 0. The fourth-order valence-corrected chi connectivity index (χ4v) is 2.55. The fraction of sp³-hybridized carbons (Fsp3) is 0.727. The van der Waals surface area contributed by atoms with Gasteiger partial charge < -0.3 is 0 Å². The van der Waals surface area contributed by atoms with Crippen molar-refractivity contribution in [3.8, 4) is 0 Å². The number of allylic oxidation sites excluding steroid dienone is 2. The van der Waals surface area contributed by atoms with Gasteiger partial charge in [-0.25, -0.2) is 0 Å². The van der Waals surface area contributed by atoms with Crippen LogP contribution >= 0.6 is 0 Å². The standard InChI is InChI=1S/C11H16O/c1-11-6-4-2-3-5-9(11)7-10(12)8-11/h7H,2-6,8H2,1H3/t11-/m0/s1. The van der Waals surface area contributed by atoms with Crippen molar-refractivity contribution < 1.29 is 4.79 Å². The molecule has 1 saturated carbocycles. The van der Waals surface area contributed by atoms with Crippen LogP contribution in [0.5, 0.6) is 0 Å². The van der Waals surface area contributed by atoms with Crippen molar-refractivity contribution in [3.05, 3.63) is 11.6 Å². The Morgan fingerprint density at radius 1 is 1.33 bits per heavy atom. The summed E-state index contributed by atoms with van der Waals surface area (Å²) in [6.07, 6.45) is 9.03. The van der Waals surface area contributed by atoms with E-state index in [0.29, 0.717) is 5.78 Å². The highest BCUT2D eigenvalue weighted by molar-refractivity contribution is 5.94. The van der Waals surface area contributed by atoms with Gasteiger partial charge in [0, 0.05) is 6.42 Å². The molecule has 1 atom stereocenters. The predicted octanol–water partition coefficient (Wildman–Crippen LogP) is 2.86. The summed E-state index contributed by atoms with van der Waals surface area (Å²) in [7, 11) is 0. The molecule has 2 rings (SSSR count). The Morgan fingerprint density at radius 2 is 2.17 bits per heavy atom. The molecule has 1 nitrogen and oxygen atoms in total. The zero-order valence-corrected chi connectivity index (χ0v) is 7.73. The van der Waals surface area contributed by atoms with Gasteiger partial charge >= 0.3 is 0 Å². The van der Waals surface area contributed by atoms with Gasteiger partial charge in [-0.3, -0.25) is 4.79 Å². The number of fused-ring (bicyclic) bond motifs is 1. The highest BCUT2D eigenvalue weighted by Crippen LogP contribution is 2.45. The lowest BCUT2D eigenvalue weighted by Crippen LogP contribution is -2.15. The largest absolute Gasteiger partial charge is 0.295 e. The zero-order chi connectivity index (χ0) is 8.60. The third-order valence-corrected chi connectivity index (χ3v) is 3.35. The number of carbonyl (C=O) groups excluding carboxylic acids is 1. The van der Waals surface area contributed by atoms with Crippen LogP contribution in [0.25, 0.3) is 0 Å². The first-order valence-electron chi connectivity index (χ1n) is 4.95. The molecule has 1 fully saturated rings. The van der Waals surface area contributed by atoms with Crippen LogP contribution in [0.4, 0.5) is 0 Å². The van der Waals surface area contributed by atoms with Gasteiger partial charge in [-0.2, -0.15) is 0 Å². The van der Waals surface area contributed by atoms with Crippen molar-refractivity contribution in [1.82, 2.24) is 0 Å². The lowest BCUT2D eigenvalue weighted by molar-refractivity contribution is -0.115. The van der Waals surface area contributed by atoms with Gasteiger partial charge in [-0.15, -0.1) is 0 Å². The topological polar surface area (TPSA) is 17.1 Å². The number of ketones is 1. The first-order valence-corrected chi connectivity index (χ1v) is 4.95. The van der Waals surface area contributed by atoms with Gasteiger partial charge in [0.15, 0.2) is 5.78 Å². The summed E-state index contributed by atoms with van der Waals surface area (Å²) < 4.78 is 0. The minimum absolute atomic E-state index is 0.258. The summed E-state index contributed by atoms with van der Waals surface area (Å²) in [4.78, 5) is 11.3. The molecule has 0 N–H and O–H groups in total. The van der Waals surface area contributed by atoms with Crippen molar-refractivity contribution in [2.45, 2.75) is 45.4 Å². The molecule has 0 aromatic carbocycles. The third-order valence-electron chi connectivity index (χ3n) is 3.35. The van der Waals surface area contributed by atoms with Crippen LogP contribution in [0.2, 0.25) is 0 Å². The summed E-state index contributed by atoms with van der Waals surface area (Å²) >= 11 is 0. The maximum atomic E-state index is 11.3. The molecule has 0 aliphatic heterocycles. The van der Waals surface area contributed by atoms with E-state index in [0.717, 1.165) is 6.42 Å². The molecule has 0 aromatic heterocycles. The molecular formula is C11H16O. The molecule has 1 heteroatoms. The van der Waals surface area contributed by atoms with E-state index in [1.807, 2.05) is 6.08 Å². The number of hydrogen-bond acceptors (Lipinski definition) is 1. The zero-order valence-electron chi connectivity index (χ0n) is 7.73. The minimum atomic E-state index is 0.258.